The van der Waals surface area contributed by atoms with Crippen LogP contribution in [0, 0.1) is 0 Å². The van der Waals surface area contributed by atoms with Crippen LogP contribution in [0.15, 0.2) is 45.1 Å². The van der Waals surface area contributed by atoms with Gasteiger partial charge in [0.15, 0.2) is 0 Å². The van der Waals surface area contributed by atoms with Crippen LogP contribution in [0.2, 0.25) is 0 Å². The molecule has 2 N–H and O–H groups in total. The van der Waals surface area contributed by atoms with Crippen molar-refractivity contribution in [3.05, 3.63) is 45.7 Å². The van der Waals surface area contributed by atoms with Crippen molar-refractivity contribution >= 4 is 48.9 Å². The molecule has 2 aromatic rings. The summed E-state index contributed by atoms with van der Waals surface area (Å²) in [5, 5.41) is 2.63. The van der Waals surface area contributed by atoms with E-state index >= 15 is 0 Å². The van der Waals surface area contributed by atoms with Crippen LogP contribution < -0.4 is 10.0 Å². The number of benzene rings is 1. The second kappa shape index (κ2) is 6.59. The van der Waals surface area contributed by atoms with Crippen molar-refractivity contribution in [2.24, 2.45) is 0 Å². The third-order valence-corrected chi connectivity index (χ3v) is 5.94. The molecule has 0 spiro atoms. The maximum absolute atomic E-state index is 12.3. The highest BCUT2D eigenvalue weighted by Gasteiger charge is 2.17. The van der Waals surface area contributed by atoms with Gasteiger partial charge in [-0.1, -0.05) is 22.0 Å². The largest absolute Gasteiger partial charge is 0.351 e. The number of thiophene rings is 1. The van der Waals surface area contributed by atoms with E-state index in [1.807, 2.05) is 6.07 Å². The molecule has 1 heterocycles. The fourth-order valence-corrected chi connectivity index (χ4v) is 4.31. The second-order valence-corrected chi connectivity index (χ2v) is 8.24. The van der Waals surface area contributed by atoms with Crippen LogP contribution >= 0.6 is 27.3 Å². The molecule has 0 bridgehead atoms. The number of carbonyl (C=O) groups is 1. The summed E-state index contributed by atoms with van der Waals surface area (Å²) in [4.78, 5) is 11.6. The molecule has 8 heteroatoms. The monoisotopic (exact) mass is 388 g/mol. The molecule has 0 fully saturated rings. The number of halogens is 1. The van der Waals surface area contributed by atoms with Crippen molar-refractivity contribution in [1.29, 1.82) is 0 Å². The van der Waals surface area contributed by atoms with Gasteiger partial charge in [-0.2, -0.15) is 0 Å². The van der Waals surface area contributed by atoms with Crippen molar-refractivity contribution in [1.82, 2.24) is 5.32 Å². The summed E-state index contributed by atoms with van der Waals surface area (Å²) in [5.74, 6) is -0.153. The minimum atomic E-state index is -3.61. The van der Waals surface area contributed by atoms with E-state index in [1.54, 1.807) is 24.3 Å². The van der Waals surface area contributed by atoms with Crippen LogP contribution in [0.5, 0.6) is 0 Å². The molecule has 0 radical (unpaired) electrons. The van der Waals surface area contributed by atoms with E-state index in [9.17, 15) is 13.2 Å². The predicted octanol–water partition coefficient (Wildman–Crippen LogP) is 2.95. The van der Waals surface area contributed by atoms with Crippen LogP contribution in [-0.4, -0.2) is 14.3 Å². The number of rotatable bonds is 5. The Kier molecular flexibility index (Phi) is 5.02. The van der Waals surface area contributed by atoms with Gasteiger partial charge in [0.1, 0.15) is 4.21 Å². The van der Waals surface area contributed by atoms with Crippen molar-refractivity contribution < 1.29 is 13.2 Å². The Labute approximate surface area is 135 Å². The Morgan fingerprint density at radius 3 is 2.71 bits per heavy atom. The maximum Gasteiger partial charge on any atom is 0.271 e. The summed E-state index contributed by atoms with van der Waals surface area (Å²) in [5.41, 5.74) is 0.487. The standard InChI is InChI=1S/C13H13BrN2O3S2/c1-9(17)15-8-12-5-6-13(20-12)21(18,19)16-11-4-2-3-10(14)7-11/h2-7,16H,8H2,1H3,(H,15,17). The van der Waals surface area contributed by atoms with Gasteiger partial charge in [-0.05, 0) is 30.3 Å². The van der Waals surface area contributed by atoms with Crippen molar-refractivity contribution in [2.45, 2.75) is 17.7 Å². The van der Waals surface area contributed by atoms with Gasteiger partial charge in [0.05, 0.1) is 6.54 Å². The molecule has 112 valence electrons. The summed E-state index contributed by atoms with van der Waals surface area (Å²) in [6.07, 6.45) is 0. The highest BCUT2D eigenvalue weighted by Crippen LogP contribution is 2.25. The zero-order valence-electron chi connectivity index (χ0n) is 11.1. The number of amides is 1. The first-order valence-corrected chi connectivity index (χ1v) is 9.07. The first kappa shape index (κ1) is 16.0. The zero-order chi connectivity index (χ0) is 15.5. The molecule has 0 saturated heterocycles. The predicted molar refractivity (Wildman–Crippen MR) is 86.8 cm³/mol. The molecule has 1 aromatic heterocycles. The Bertz CT molecular complexity index is 756. The lowest BCUT2D eigenvalue weighted by Gasteiger charge is -2.06. The molecule has 5 nitrogen and oxygen atoms in total. The smallest absolute Gasteiger partial charge is 0.271 e. The van der Waals surface area contributed by atoms with E-state index in [0.717, 1.165) is 20.7 Å². The van der Waals surface area contributed by atoms with Crippen LogP contribution in [0.25, 0.3) is 0 Å². The first-order valence-electron chi connectivity index (χ1n) is 5.98. The van der Waals surface area contributed by atoms with Gasteiger partial charge in [0.25, 0.3) is 10.0 Å². The van der Waals surface area contributed by atoms with Gasteiger partial charge in [-0.15, -0.1) is 11.3 Å². The summed E-state index contributed by atoms with van der Waals surface area (Å²) >= 11 is 4.42. The van der Waals surface area contributed by atoms with E-state index in [4.69, 9.17) is 0 Å². The van der Waals surface area contributed by atoms with Crippen LogP contribution in [0.1, 0.15) is 11.8 Å². The van der Waals surface area contributed by atoms with E-state index < -0.39 is 10.0 Å². The fourth-order valence-electron chi connectivity index (χ4n) is 1.57. The van der Waals surface area contributed by atoms with Gasteiger partial charge >= 0.3 is 0 Å². The summed E-state index contributed by atoms with van der Waals surface area (Å²) in [6.45, 7) is 1.74. The minimum Gasteiger partial charge on any atom is -0.351 e. The summed E-state index contributed by atoms with van der Waals surface area (Å²) < 4.78 is 28.0. The number of hydrogen-bond acceptors (Lipinski definition) is 4. The van der Waals surface area contributed by atoms with E-state index in [0.29, 0.717) is 12.2 Å². The number of sulfonamides is 1. The lowest BCUT2D eigenvalue weighted by atomic mass is 10.3. The molecule has 21 heavy (non-hydrogen) atoms. The molecule has 0 aliphatic rings. The van der Waals surface area contributed by atoms with Crippen LogP contribution in [-0.2, 0) is 21.4 Å². The van der Waals surface area contributed by atoms with E-state index in [-0.39, 0.29) is 10.1 Å². The van der Waals surface area contributed by atoms with Crippen molar-refractivity contribution in [3.63, 3.8) is 0 Å². The van der Waals surface area contributed by atoms with Crippen LogP contribution in [0.3, 0.4) is 0 Å². The van der Waals surface area contributed by atoms with Gasteiger partial charge in [-0.3, -0.25) is 9.52 Å². The third kappa shape index (κ3) is 4.55. The maximum atomic E-state index is 12.3. The highest BCUT2D eigenvalue weighted by molar-refractivity contribution is 9.10. The van der Waals surface area contributed by atoms with Gasteiger partial charge in [0.2, 0.25) is 5.91 Å². The second-order valence-electron chi connectivity index (χ2n) is 4.25. The van der Waals surface area contributed by atoms with E-state index in [2.05, 4.69) is 26.0 Å². The molecule has 1 aromatic carbocycles. The number of nitrogens with one attached hydrogen (secondary N) is 2. The van der Waals surface area contributed by atoms with Crippen LogP contribution in [0.4, 0.5) is 5.69 Å². The average molecular weight is 389 g/mol. The summed E-state index contributed by atoms with van der Waals surface area (Å²) in [6, 6.07) is 10.1. The Balaban J connectivity index is 2.14. The number of anilines is 1. The fraction of sp³-hybridized carbons (Fsp3) is 0.154. The molecular weight excluding hydrogens is 376 g/mol. The van der Waals surface area contributed by atoms with Gasteiger partial charge < -0.3 is 5.32 Å². The molecule has 0 unspecified atom stereocenters. The summed E-state index contributed by atoms with van der Waals surface area (Å²) in [7, 11) is -3.61. The zero-order valence-corrected chi connectivity index (χ0v) is 14.3. The Morgan fingerprint density at radius 2 is 2.05 bits per heavy atom. The van der Waals surface area contributed by atoms with Crippen molar-refractivity contribution in [3.8, 4) is 0 Å². The number of hydrogen-bond donors (Lipinski definition) is 2. The highest BCUT2D eigenvalue weighted by atomic mass is 79.9. The quantitative estimate of drug-likeness (QED) is 0.826. The average Bonchev–Trinajstić information content (AvgIpc) is 2.85. The molecule has 0 aliphatic carbocycles. The lowest BCUT2D eigenvalue weighted by molar-refractivity contribution is -0.119. The lowest BCUT2D eigenvalue weighted by Crippen LogP contribution is -2.18. The number of carbonyl (C=O) groups excluding carboxylic acids is 1. The SMILES string of the molecule is CC(=O)NCc1ccc(S(=O)(=O)Nc2cccc(Br)c2)s1. The molecule has 0 atom stereocenters. The van der Waals surface area contributed by atoms with Gasteiger partial charge in [0, 0.05) is 22.0 Å². The van der Waals surface area contributed by atoms with Crippen molar-refractivity contribution in [2.75, 3.05) is 4.72 Å². The molecular formula is C13H13BrN2O3S2. The first-order chi connectivity index (χ1) is 9.87. The molecule has 0 saturated carbocycles. The van der Waals surface area contributed by atoms with E-state index in [1.165, 1.54) is 13.0 Å². The molecule has 2 rings (SSSR count). The third-order valence-electron chi connectivity index (χ3n) is 2.49. The van der Waals surface area contributed by atoms with Gasteiger partial charge in [-0.25, -0.2) is 8.42 Å². The normalized spacial score (nSPS) is 11.1. The molecule has 0 aliphatic heterocycles. The minimum absolute atomic E-state index is 0.153. The topological polar surface area (TPSA) is 75.3 Å². The Morgan fingerprint density at radius 1 is 1.29 bits per heavy atom. The molecule has 1 amide bonds. The Hall–Kier alpha value is -1.38.